The van der Waals surface area contributed by atoms with Crippen molar-refractivity contribution in [1.82, 2.24) is 0 Å². The molecular weight excluding hydrogens is 222 g/mol. The fourth-order valence-electron chi connectivity index (χ4n) is 0.285. The summed E-state index contributed by atoms with van der Waals surface area (Å²) < 4.78 is 17.5. The molecule has 0 spiro atoms. The molecule has 0 saturated carbocycles. The van der Waals surface area contributed by atoms with E-state index in [-0.39, 0.29) is 5.70 Å². The maximum Gasteiger partial charge on any atom is 0.240 e. The second-order valence-electron chi connectivity index (χ2n) is 1.22. The van der Waals surface area contributed by atoms with Gasteiger partial charge < -0.3 is 5.73 Å². The van der Waals surface area contributed by atoms with Crippen LogP contribution in [0.15, 0.2) is 15.0 Å². The fraction of sp³-hybridized carbons (Fsp3) is 0. The number of hydrogen-bond acceptors (Lipinski definition) is 2. The van der Waals surface area contributed by atoms with E-state index < -0.39 is 27.0 Å². The average molecular weight is 226 g/mol. The van der Waals surface area contributed by atoms with E-state index in [1.54, 1.807) is 6.08 Å². The van der Waals surface area contributed by atoms with Gasteiger partial charge in [-0.25, -0.2) is 0 Å². The third-order valence-corrected chi connectivity index (χ3v) is 2.04. The molecule has 0 amide bonds. The summed E-state index contributed by atoms with van der Waals surface area (Å²) in [6.07, 6.45) is 1.57. The lowest BCUT2D eigenvalue weighted by atomic mass is 10.4. The van der Waals surface area contributed by atoms with E-state index in [1.165, 1.54) is 0 Å². The highest BCUT2D eigenvalue weighted by Gasteiger charge is 1.99. The van der Waals surface area contributed by atoms with Crippen LogP contribution < -0.4 is 5.73 Å². The second kappa shape index (κ2) is 2.34. The molecule has 0 radical (unpaired) electrons. The van der Waals surface area contributed by atoms with E-state index in [0.29, 0.717) is 0 Å². The van der Waals surface area contributed by atoms with E-state index in [2.05, 4.69) is 3.21 Å². The van der Waals surface area contributed by atoms with Crippen molar-refractivity contribution < 1.29 is 4.39 Å². The minimum absolute atomic E-state index is 0.149. The summed E-state index contributed by atoms with van der Waals surface area (Å²) >= 11 is -0.421. The number of rotatable bonds is 0. The molecule has 2 N–H and O–H groups in total. The second-order valence-corrected chi connectivity index (χ2v) is 2.98. The first-order chi connectivity index (χ1) is 3.80. The van der Waals surface area contributed by atoms with Crippen molar-refractivity contribution in [2.24, 2.45) is 8.94 Å². The minimum atomic E-state index is -0.500. The highest BCUT2D eigenvalue weighted by atomic mass is 127. The molecule has 1 aliphatic rings. The van der Waals surface area contributed by atoms with E-state index in [4.69, 9.17) is 5.73 Å². The van der Waals surface area contributed by atoms with Gasteiger partial charge in [-0.2, -0.15) is 7.60 Å². The Labute approximate surface area is 56.4 Å². The Balaban J connectivity index is 2.93. The summed E-state index contributed by atoms with van der Waals surface area (Å²) in [5.41, 5.74) is 5.27. The zero-order chi connectivity index (χ0) is 5.98. The first-order valence-corrected chi connectivity index (χ1v) is 4.17. The molecule has 1 aliphatic heterocycles. The quantitative estimate of drug-likeness (QED) is 0.612. The summed E-state index contributed by atoms with van der Waals surface area (Å²) in [5, 5.41) is 0. The van der Waals surface area contributed by atoms with Crippen LogP contribution in [0, 0.1) is 0 Å². The summed E-state index contributed by atoms with van der Waals surface area (Å²) in [7, 11) is 0. The zero-order valence-electron chi connectivity index (χ0n) is 3.94. The maximum absolute atomic E-state index is 12.1. The molecule has 0 bridgehead atoms. The van der Waals surface area contributed by atoms with Crippen molar-refractivity contribution in [3.05, 3.63) is 11.8 Å². The highest BCUT2D eigenvalue weighted by molar-refractivity contribution is 14.2. The number of nitrogens with zero attached hydrogens (tertiary/aromatic N) is 1. The van der Waals surface area contributed by atoms with Gasteiger partial charge in [-0.05, 0) is 10.1 Å². The molecule has 0 unspecified atom stereocenters. The van der Waals surface area contributed by atoms with Crippen LogP contribution in [0.3, 0.4) is 0 Å². The molecule has 0 aromatic rings. The fourth-order valence-corrected chi connectivity index (χ4v) is 1.52. The molecule has 44 valence electrons. The number of halogens is 2. The molecule has 0 aromatic carbocycles. The summed E-state index contributed by atoms with van der Waals surface area (Å²) in [5.74, 6) is -0.500. The van der Waals surface area contributed by atoms with Crippen LogP contribution in [0.2, 0.25) is 0 Å². The van der Waals surface area contributed by atoms with E-state index in [9.17, 15) is 4.39 Å². The average Bonchev–Trinajstić information content (AvgIpc) is 1.77. The lowest BCUT2D eigenvalue weighted by Crippen LogP contribution is -2.06. The van der Waals surface area contributed by atoms with Gasteiger partial charge in [0.15, 0.2) is 0 Å². The van der Waals surface area contributed by atoms with Crippen molar-refractivity contribution in [2.75, 3.05) is 0 Å². The number of allylic oxidation sites excluding steroid dienone is 2. The van der Waals surface area contributed by atoms with Gasteiger partial charge in [-0.15, -0.1) is 0 Å². The smallest absolute Gasteiger partial charge is 0.240 e. The van der Waals surface area contributed by atoms with Gasteiger partial charge in [0.2, 0.25) is 5.97 Å². The topological polar surface area (TPSA) is 38.4 Å². The zero-order valence-corrected chi connectivity index (χ0v) is 6.09. The van der Waals surface area contributed by atoms with Crippen LogP contribution >= 0.6 is 21.0 Å². The molecule has 0 aliphatic carbocycles. The molecule has 0 atom stereocenters. The van der Waals surface area contributed by atoms with Crippen LogP contribution in [0.25, 0.3) is 0 Å². The van der Waals surface area contributed by atoms with E-state index in [1.807, 2.05) is 4.01 Å². The Bertz CT molecular complexity index is 162. The van der Waals surface area contributed by atoms with E-state index in [0.717, 1.165) is 0 Å². The Morgan fingerprint density at radius 3 is 2.88 bits per heavy atom. The van der Waals surface area contributed by atoms with Crippen molar-refractivity contribution in [3.63, 3.8) is 0 Å². The Kier molecular flexibility index (Phi) is 1.72. The van der Waals surface area contributed by atoms with Gasteiger partial charge in [0.05, 0.1) is 5.70 Å². The molecule has 0 saturated heterocycles. The molecule has 0 aromatic heterocycles. The SMILES string of the molecule is NC1=CC=IN=C1F. The van der Waals surface area contributed by atoms with Crippen LogP contribution in [0.4, 0.5) is 4.39 Å². The molecule has 1 heterocycles. The lowest BCUT2D eigenvalue weighted by molar-refractivity contribution is 0.807. The third kappa shape index (κ3) is 1.12. The molecular formula is C4H4FIN2. The van der Waals surface area contributed by atoms with Crippen LogP contribution in [-0.2, 0) is 0 Å². The van der Waals surface area contributed by atoms with Crippen molar-refractivity contribution in [2.45, 2.75) is 0 Å². The Morgan fingerprint density at radius 2 is 2.50 bits per heavy atom. The number of nitrogens with two attached hydrogens (primary N) is 1. The monoisotopic (exact) mass is 226 g/mol. The highest BCUT2D eigenvalue weighted by Crippen LogP contribution is 2.07. The third-order valence-electron chi connectivity index (χ3n) is 0.660. The summed E-state index contributed by atoms with van der Waals surface area (Å²) in [6, 6.07) is 0. The largest absolute Gasteiger partial charge is 0.395 e. The van der Waals surface area contributed by atoms with Gasteiger partial charge in [-0.1, -0.05) is 0 Å². The lowest BCUT2D eigenvalue weighted by Gasteiger charge is -1.94. The van der Waals surface area contributed by atoms with Crippen molar-refractivity contribution >= 4 is 31.0 Å². The van der Waals surface area contributed by atoms with Gasteiger partial charge in [0.25, 0.3) is 0 Å². The van der Waals surface area contributed by atoms with Gasteiger partial charge in [-0.3, -0.25) is 0 Å². The Hall–Kier alpha value is -0.260. The van der Waals surface area contributed by atoms with Crippen LogP contribution in [-0.4, -0.2) is 9.98 Å². The standard InChI is InChI=1S/C4H4FIN2/c5-4-3(7)1-2-6-8-4/h1-2H,7H2. The molecule has 8 heavy (non-hydrogen) atoms. The predicted octanol–water partition coefficient (Wildman–Crippen LogP) is 0.899. The molecule has 0 fully saturated rings. The molecule has 2 nitrogen and oxygen atoms in total. The normalized spacial score (nSPS) is 18.6. The van der Waals surface area contributed by atoms with Gasteiger partial charge in [0.1, 0.15) is 0 Å². The minimum Gasteiger partial charge on any atom is -0.395 e. The van der Waals surface area contributed by atoms with Crippen molar-refractivity contribution in [1.29, 1.82) is 0 Å². The van der Waals surface area contributed by atoms with Crippen LogP contribution in [0.1, 0.15) is 0 Å². The predicted molar refractivity (Wildman–Crippen MR) is 40.9 cm³/mol. The molecule has 4 heteroatoms. The van der Waals surface area contributed by atoms with Gasteiger partial charge in [0, 0.05) is 21.0 Å². The molecule has 1 rings (SSSR count). The van der Waals surface area contributed by atoms with Crippen molar-refractivity contribution in [3.8, 4) is 0 Å². The Morgan fingerprint density at radius 1 is 1.75 bits per heavy atom. The first-order valence-electron chi connectivity index (χ1n) is 1.96. The van der Waals surface area contributed by atoms with Gasteiger partial charge >= 0.3 is 0 Å². The van der Waals surface area contributed by atoms with E-state index >= 15 is 0 Å². The number of hydrogen-bond donors (Lipinski definition) is 1. The maximum atomic E-state index is 12.1. The summed E-state index contributed by atoms with van der Waals surface area (Å²) in [4.78, 5) is 0. The summed E-state index contributed by atoms with van der Waals surface area (Å²) in [6.45, 7) is 0. The van der Waals surface area contributed by atoms with Crippen LogP contribution in [0.5, 0.6) is 0 Å². The first kappa shape index (κ1) is 5.87.